The second-order valence-electron chi connectivity index (χ2n) is 4.96. The standard InChI is InChI=1S/C15H21NO4S/c1-3-9-16(13-5-6-13)21(18,19)14-7-8-15(20-4-2)12(10-14)11-17/h3,7-8,10,13,17H,1,4-6,9,11H2,2H3. The van der Waals surface area contributed by atoms with Gasteiger partial charge in [-0.3, -0.25) is 0 Å². The van der Waals surface area contributed by atoms with Crippen LogP contribution in [0.2, 0.25) is 0 Å². The highest BCUT2D eigenvalue weighted by Gasteiger charge is 2.37. The van der Waals surface area contributed by atoms with Crippen molar-refractivity contribution in [1.29, 1.82) is 0 Å². The van der Waals surface area contributed by atoms with Crippen molar-refractivity contribution in [3.05, 3.63) is 36.4 Å². The predicted molar refractivity (Wildman–Crippen MR) is 80.6 cm³/mol. The van der Waals surface area contributed by atoms with Crippen molar-refractivity contribution in [2.45, 2.75) is 37.3 Å². The van der Waals surface area contributed by atoms with Crippen LogP contribution in [0.25, 0.3) is 0 Å². The first-order chi connectivity index (χ1) is 10.0. The molecule has 0 bridgehead atoms. The molecule has 1 aliphatic carbocycles. The number of hydrogen-bond donors (Lipinski definition) is 1. The Balaban J connectivity index is 2.37. The van der Waals surface area contributed by atoms with Gasteiger partial charge in [0.15, 0.2) is 0 Å². The van der Waals surface area contributed by atoms with Gasteiger partial charge in [0.05, 0.1) is 18.1 Å². The fourth-order valence-electron chi connectivity index (χ4n) is 2.20. The first-order valence-corrected chi connectivity index (χ1v) is 8.48. The van der Waals surface area contributed by atoms with Crippen LogP contribution >= 0.6 is 0 Å². The molecule has 1 aromatic rings. The predicted octanol–water partition coefficient (Wildman–Crippen LogP) is 1.92. The number of rotatable bonds is 8. The third-order valence-corrected chi connectivity index (χ3v) is 5.29. The molecule has 5 nitrogen and oxygen atoms in total. The van der Waals surface area contributed by atoms with E-state index in [-0.39, 0.29) is 17.5 Å². The summed E-state index contributed by atoms with van der Waals surface area (Å²) >= 11 is 0. The first-order valence-electron chi connectivity index (χ1n) is 7.04. The van der Waals surface area contributed by atoms with Gasteiger partial charge in [-0.15, -0.1) is 6.58 Å². The Kier molecular flexibility index (Phi) is 5.03. The Morgan fingerprint density at radius 1 is 1.48 bits per heavy atom. The average molecular weight is 311 g/mol. The fraction of sp³-hybridized carbons (Fsp3) is 0.467. The van der Waals surface area contributed by atoms with E-state index in [4.69, 9.17) is 4.74 Å². The van der Waals surface area contributed by atoms with Crippen LogP contribution in [-0.4, -0.2) is 37.0 Å². The summed E-state index contributed by atoms with van der Waals surface area (Å²) in [4.78, 5) is 0.184. The highest BCUT2D eigenvalue weighted by atomic mass is 32.2. The van der Waals surface area contributed by atoms with Crippen LogP contribution in [0.3, 0.4) is 0 Å². The molecule has 0 spiro atoms. The molecule has 0 atom stereocenters. The average Bonchev–Trinajstić information content (AvgIpc) is 3.29. The molecule has 2 rings (SSSR count). The zero-order valence-corrected chi connectivity index (χ0v) is 13.0. The van der Waals surface area contributed by atoms with E-state index in [9.17, 15) is 13.5 Å². The lowest BCUT2D eigenvalue weighted by molar-refractivity contribution is 0.266. The molecule has 0 aliphatic heterocycles. The van der Waals surface area contributed by atoms with Crippen molar-refractivity contribution in [3.8, 4) is 5.75 Å². The third-order valence-electron chi connectivity index (χ3n) is 3.37. The normalized spacial score (nSPS) is 15.2. The van der Waals surface area contributed by atoms with E-state index < -0.39 is 10.0 Å². The monoisotopic (exact) mass is 311 g/mol. The van der Waals surface area contributed by atoms with Crippen LogP contribution in [0.1, 0.15) is 25.3 Å². The van der Waals surface area contributed by atoms with Crippen LogP contribution < -0.4 is 4.74 Å². The Morgan fingerprint density at radius 3 is 2.71 bits per heavy atom. The molecule has 1 aromatic carbocycles. The molecule has 1 N–H and O–H groups in total. The summed E-state index contributed by atoms with van der Waals surface area (Å²) in [6.45, 7) is 5.96. The van der Waals surface area contributed by atoms with E-state index in [1.165, 1.54) is 16.4 Å². The van der Waals surface area contributed by atoms with Gasteiger partial charge in [-0.1, -0.05) is 6.08 Å². The number of hydrogen-bond acceptors (Lipinski definition) is 4. The lowest BCUT2D eigenvalue weighted by Crippen LogP contribution is -2.33. The molecule has 0 saturated heterocycles. The number of nitrogens with zero attached hydrogens (tertiary/aromatic N) is 1. The molecule has 21 heavy (non-hydrogen) atoms. The molecule has 1 aliphatic rings. The lowest BCUT2D eigenvalue weighted by Gasteiger charge is -2.21. The minimum atomic E-state index is -3.57. The van der Waals surface area contributed by atoms with Crippen LogP contribution in [0.4, 0.5) is 0 Å². The van der Waals surface area contributed by atoms with Crippen LogP contribution in [0.15, 0.2) is 35.7 Å². The number of aliphatic hydroxyl groups is 1. The molecule has 0 heterocycles. The SMILES string of the molecule is C=CCN(C1CC1)S(=O)(=O)c1ccc(OCC)c(CO)c1. The maximum Gasteiger partial charge on any atom is 0.243 e. The molecule has 116 valence electrons. The van der Waals surface area contributed by atoms with Crippen LogP contribution in [0, 0.1) is 0 Å². The van der Waals surface area contributed by atoms with Crippen molar-refractivity contribution in [3.63, 3.8) is 0 Å². The summed E-state index contributed by atoms with van der Waals surface area (Å²) in [7, 11) is -3.57. The number of benzene rings is 1. The van der Waals surface area contributed by atoms with Crippen molar-refractivity contribution < 1.29 is 18.3 Å². The largest absolute Gasteiger partial charge is 0.494 e. The summed E-state index contributed by atoms with van der Waals surface area (Å²) in [6.07, 6.45) is 3.37. The van der Waals surface area contributed by atoms with Gasteiger partial charge < -0.3 is 9.84 Å². The van der Waals surface area contributed by atoms with Gasteiger partial charge in [-0.05, 0) is 38.0 Å². The van der Waals surface area contributed by atoms with Crippen molar-refractivity contribution in [2.75, 3.05) is 13.2 Å². The number of aliphatic hydroxyl groups excluding tert-OH is 1. The van der Waals surface area contributed by atoms with Crippen molar-refractivity contribution >= 4 is 10.0 Å². The Hall–Kier alpha value is -1.37. The zero-order valence-electron chi connectivity index (χ0n) is 12.2. The van der Waals surface area contributed by atoms with Crippen molar-refractivity contribution in [1.82, 2.24) is 4.31 Å². The quantitative estimate of drug-likeness (QED) is 0.745. The second-order valence-corrected chi connectivity index (χ2v) is 6.85. The summed E-state index contributed by atoms with van der Waals surface area (Å²) in [6, 6.07) is 4.68. The summed E-state index contributed by atoms with van der Waals surface area (Å²) in [5.41, 5.74) is 0.479. The first kappa shape index (κ1) is 16.0. The van der Waals surface area contributed by atoms with Gasteiger partial charge >= 0.3 is 0 Å². The molecule has 1 saturated carbocycles. The highest BCUT2D eigenvalue weighted by Crippen LogP contribution is 2.33. The van der Waals surface area contributed by atoms with E-state index in [2.05, 4.69) is 6.58 Å². The maximum atomic E-state index is 12.7. The molecule has 1 fully saturated rings. The Bertz CT molecular complexity index is 608. The molecule has 0 aromatic heterocycles. The van der Waals surface area contributed by atoms with E-state index in [1.807, 2.05) is 6.92 Å². The summed E-state index contributed by atoms with van der Waals surface area (Å²) in [5, 5.41) is 9.39. The van der Waals surface area contributed by atoms with Gasteiger partial charge in [-0.2, -0.15) is 4.31 Å². The molecule has 0 radical (unpaired) electrons. The molecule has 6 heteroatoms. The van der Waals surface area contributed by atoms with Gasteiger partial charge in [0.1, 0.15) is 5.75 Å². The highest BCUT2D eigenvalue weighted by molar-refractivity contribution is 7.89. The van der Waals surface area contributed by atoms with E-state index in [0.717, 1.165) is 12.8 Å². The Labute approximate surface area is 125 Å². The number of sulfonamides is 1. The van der Waals surface area contributed by atoms with Crippen molar-refractivity contribution in [2.24, 2.45) is 0 Å². The summed E-state index contributed by atoms with van der Waals surface area (Å²) in [5.74, 6) is 0.514. The number of ether oxygens (including phenoxy) is 1. The molecular weight excluding hydrogens is 290 g/mol. The third kappa shape index (κ3) is 3.45. The smallest absolute Gasteiger partial charge is 0.243 e. The lowest BCUT2D eigenvalue weighted by atomic mass is 10.2. The Morgan fingerprint density at radius 2 is 2.19 bits per heavy atom. The van der Waals surface area contributed by atoms with Crippen LogP contribution in [-0.2, 0) is 16.6 Å². The molecule has 0 unspecified atom stereocenters. The zero-order chi connectivity index (χ0) is 15.5. The molecule has 0 amide bonds. The summed E-state index contributed by atoms with van der Waals surface area (Å²) < 4.78 is 32.2. The van der Waals surface area contributed by atoms with E-state index >= 15 is 0 Å². The topological polar surface area (TPSA) is 66.8 Å². The van der Waals surface area contributed by atoms with Gasteiger partial charge in [0.2, 0.25) is 10.0 Å². The maximum absolute atomic E-state index is 12.7. The fourth-order valence-corrected chi connectivity index (χ4v) is 3.91. The van der Waals surface area contributed by atoms with Gasteiger partial charge in [-0.25, -0.2) is 8.42 Å². The molecular formula is C15H21NO4S. The van der Waals surface area contributed by atoms with Gasteiger partial charge in [0, 0.05) is 18.2 Å². The van der Waals surface area contributed by atoms with Gasteiger partial charge in [0.25, 0.3) is 0 Å². The van der Waals surface area contributed by atoms with E-state index in [0.29, 0.717) is 24.5 Å². The second kappa shape index (κ2) is 6.60. The minimum Gasteiger partial charge on any atom is -0.494 e. The van der Waals surface area contributed by atoms with Crippen LogP contribution in [0.5, 0.6) is 5.75 Å². The van der Waals surface area contributed by atoms with E-state index in [1.54, 1.807) is 12.1 Å². The minimum absolute atomic E-state index is 0.0668.